The van der Waals surface area contributed by atoms with Gasteiger partial charge in [0, 0.05) is 17.3 Å². The molecule has 0 saturated heterocycles. The molecule has 0 aromatic carbocycles. The first-order valence-corrected chi connectivity index (χ1v) is 5.53. The highest BCUT2D eigenvalue weighted by atomic mass is 35.5. The number of hydrogen-bond acceptors (Lipinski definition) is 3. The van der Waals surface area contributed by atoms with E-state index in [4.69, 9.17) is 11.6 Å². The van der Waals surface area contributed by atoms with Crippen molar-refractivity contribution in [3.05, 3.63) is 40.8 Å². The Hall–Kier alpha value is -1.88. The van der Waals surface area contributed by atoms with Crippen LogP contribution in [0.2, 0.25) is 5.15 Å². The number of pyridine rings is 1. The van der Waals surface area contributed by atoms with E-state index < -0.39 is 0 Å². The lowest BCUT2D eigenvalue weighted by Crippen LogP contribution is -2.13. The molecule has 17 heavy (non-hydrogen) atoms. The first-order valence-electron chi connectivity index (χ1n) is 5.16. The molecule has 5 nitrogen and oxygen atoms in total. The lowest BCUT2D eigenvalue weighted by molar-refractivity contribution is 0.102. The summed E-state index contributed by atoms with van der Waals surface area (Å²) in [7, 11) is 0. The first-order chi connectivity index (χ1) is 8.20. The molecule has 88 valence electrons. The van der Waals surface area contributed by atoms with Gasteiger partial charge in [-0.2, -0.15) is 5.10 Å². The fraction of sp³-hybridized carbons (Fsp3) is 0.182. The van der Waals surface area contributed by atoms with Crippen LogP contribution in [-0.2, 0) is 6.42 Å². The number of rotatable bonds is 3. The van der Waals surface area contributed by atoms with Gasteiger partial charge in [0.05, 0.1) is 6.20 Å². The van der Waals surface area contributed by atoms with Crippen molar-refractivity contribution < 1.29 is 4.79 Å². The smallest absolute Gasteiger partial charge is 0.256 e. The molecule has 0 radical (unpaired) electrons. The maximum atomic E-state index is 11.9. The molecular weight excluding hydrogens is 240 g/mol. The minimum Gasteiger partial charge on any atom is -0.307 e. The van der Waals surface area contributed by atoms with Gasteiger partial charge in [-0.3, -0.25) is 9.89 Å². The van der Waals surface area contributed by atoms with E-state index >= 15 is 0 Å². The lowest BCUT2D eigenvalue weighted by Gasteiger charge is -2.04. The van der Waals surface area contributed by atoms with E-state index in [1.54, 1.807) is 12.3 Å². The van der Waals surface area contributed by atoms with Crippen LogP contribution in [0, 0.1) is 0 Å². The number of nitrogens with zero attached hydrogens (tertiary/aromatic N) is 2. The standard InChI is InChI=1S/C11H11ClN4O/c1-2-7-6-14-16-10(7)15-11(17)8-3-4-13-9(12)5-8/h3-6H,2H2,1H3,(H2,14,15,16,17). The number of aromatic nitrogens is 3. The Morgan fingerprint density at radius 2 is 2.41 bits per heavy atom. The molecule has 0 aliphatic rings. The van der Waals surface area contributed by atoms with E-state index in [2.05, 4.69) is 20.5 Å². The van der Waals surface area contributed by atoms with E-state index in [1.807, 2.05) is 6.92 Å². The van der Waals surface area contributed by atoms with Gasteiger partial charge in [-0.15, -0.1) is 0 Å². The van der Waals surface area contributed by atoms with Crippen LogP contribution in [0.5, 0.6) is 0 Å². The van der Waals surface area contributed by atoms with Gasteiger partial charge in [0.1, 0.15) is 11.0 Å². The summed E-state index contributed by atoms with van der Waals surface area (Å²) in [5.41, 5.74) is 1.42. The summed E-state index contributed by atoms with van der Waals surface area (Å²) in [6.07, 6.45) is 3.98. The number of hydrogen-bond donors (Lipinski definition) is 2. The Morgan fingerprint density at radius 3 is 3.12 bits per heavy atom. The molecule has 0 saturated carbocycles. The molecule has 0 bridgehead atoms. The second kappa shape index (κ2) is 4.97. The van der Waals surface area contributed by atoms with E-state index in [9.17, 15) is 4.79 Å². The number of nitrogens with one attached hydrogen (secondary N) is 2. The van der Waals surface area contributed by atoms with Crippen molar-refractivity contribution >= 4 is 23.3 Å². The van der Waals surface area contributed by atoms with Crippen molar-refractivity contribution in [3.8, 4) is 0 Å². The molecule has 2 aromatic heterocycles. The van der Waals surface area contributed by atoms with Crippen molar-refractivity contribution in [1.29, 1.82) is 0 Å². The maximum absolute atomic E-state index is 11.9. The van der Waals surface area contributed by atoms with Crippen molar-refractivity contribution in [1.82, 2.24) is 15.2 Å². The Morgan fingerprint density at radius 1 is 1.59 bits per heavy atom. The number of aromatic amines is 1. The highest BCUT2D eigenvalue weighted by Crippen LogP contribution is 2.14. The summed E-state index contributed by atoms with van der Waals surface area (Å²) in [5.74, 6) is 0.374. The van der Waals surface area contributed by atoms with Gasteiger partial charge in [-0.1, -0.05) is 18.5 Å². The molecule has 0 fully saturated rings. The fourth-order valence-electron chi connectivity index (χ4n) is 1.42. The Kier molecular flexibility index (Phi) is 3.39. The number of aryl methyl sites for hydroxylation is 1. The number of halogens is 1. The van der Waals surface area contributed by atoms with E-state index in [-0.39, 0.29) is 11.1 Å². The topological polar surface area (TPSA) is 70.7 Å². The zero-order valence-electron chi connectivity index (χ0n) is 9.20. The van der Waals surface area contributed by atoms with Crippen molar-refractivity contribution in [3.63, 3.8) is 0 Å². The van der Waals surface area contributed by atoms with Gasteiger partial charge in [0.2, 0.25) is 0 Å². The van der Waals surface area contributed by atoms with E-state index in [1.165, 1.54) is 12.3 Å². The molecule has 0 aliphatic heterocycles. The lowest BCUT2D eigenvalue weighted by atomic mass is 10.2. The van der Waals surface area contributed by atoms with E-state index in [0.717, 1.165) is 12.0 Å². The van der Waals surface area contributed by atoms with Crippen LogP contribution in [0.15, 0.2) is 24.5 Å². The van der Waals surface area contributed by atoms with Crippen LogP contribution in [-0.4, -0.2) is 21.1 Å². The summed E-state index contributed by atoms with van der Waals surface area (Å²) >= 11 is 5.72. The van der Waals surface area contributed by atoms with Crippen molar-refractivity contribution in [2.75, 3.05) is 5.32 Å². The SMILES string of the molecule is CCc1cn[nH]c1NC(=O)c1ccnc(Cl)c1. The van der Waals surface area contributed by atoms with Crippen LogP contribution in [0.25, 0.3) is 0 Å². The first kappa shape index (κ1) is 11.6. The molecule has 2 aromatic rings. The number of carbonyl (C=O) groups is 1. The minimum absolute atomic E-state index is 0.242. The third-order valence-corrected chi connectivity index (χ3v) is 2.53. The van der Waals surface area contributed by atoms with Gasteiger partial charge < -0.3 is 5.32 Å². The van der Waals surface area contributed by atoms with Gasteiger partial charge in [-0.05, 0) is 18.6 Å². The van der Waals surface area contributed by atoms with Crippen LogP contribution in [0.1, 0.15) is 22.8 Å². The Balaban J connectivity index is 2.17. The summed E-state index contributed by atoms with van der Waals surface area (Å²) in [6, 6.07) is 3.11. The third kappa shape index (κ3) is 2.62. The third-order valence-electron chi connectivity index (χ3n) is 2.33. The van der Waals surface area contributed by atoms with Gasteiger partial charge in [0.15, 0.2) is 0 Å². The molecule has 0 spiro atoms. The zero-order valence-corrected chi connectivity index (χ0v) is 9.95. The van der Waals surface area contributed by atoms with Gasteiger partial charge in [0.25, 0.3) is 5.91 Å². The average Bonchev–Trinajstić information content (AvgIpc) is 2.76. The predicted molar refractivity (Wildman–Crippen MR) is 65.2 cm³/mol. The molecule has 2 heterocycles. The molecule has 2 rings (SSSR count). The average molecular weight is 251 g/mol. The summed E-state index contributed by atoms with van der Waals surface area (Å²) in [4.78, 5) is 15.7. The normalized spacial score (nSPS) is 10.2. The molecule has 0 unspecified atom stereocenters. The highest BCUT2D eigenvalue weighted by Gasteiger charge is 2.10. The van der Waals surface area contributed by atoms with Crippen LogP contribution >= 0.6 is 11.6 Å². The number of carbonyl (C=O) groups excluding carboxylic acids is 1. The number of H-pyrrole nitrogens is 1. The monoisotopic (exact) mass is 250 g/mol. The molecule has 0 aliphatic carbocycles. The van der Waals surface area contributed by atoms with Gasteiger partial charge >= 0.3 is 0 Å². The van der Waals surface area contributed by atoms with Crippen molar-refractivity contribution in [2.24, 2.45) is 0 Å². The maximum Gasteiger partial charge on any atom is 0.256 e. The van der Waals surface area contributed by atoms with Crippen LogP contribution < -0.4 is 5.32 Å². The number of anilines is 1. The molecule has 0 atom stereocenters. The highest BCUT2D eigenvalue weighted by molar-refractivity contribution is 6.29. The Labute approximate surface area is 103 Å². The second-order valence-corrected chi connectivity index (χ2v) is 3.83. The zero-order chi connectivity index (χ0) is 12.3. The van der Waals surface area contributed by atoms with Crippen LogP contribution in [0.4, 0.5) is 5.82 Å². The number of amides is 1. The summed E-state index contributed by atoms with van der Waals surface area (Å²) in [6.45, 7) is 1.99. The molecular formula is C11H11ClN4O. The summed E-state index contributed by atoms with van der Waals surface area (Å²) < 4.78 is 0. The summed E-state index contributed by atoms with van der Waals surface area (Å²) in [5, 5.41) is 9.65. The van der Waals surface area contributed by atoms with Crippen molar-refractivity contribution in [2.45, 2.75) is 13.3 Å². The fourth-order valence-corrected chi connectivity index (χ4v) is 1.59. The quantitative estimate of drug-likeness (QED) is 0.821. The van der Waals surface area contributed by atoms with Gasteiger partial charge in [-0.25, -0.2) is 4.98 Å². The van der Waals surface area contributed by atoms with Crippen LogP contribution in [0.3, 0.4) is 0 Å². The van der Waals surface area contributed by atoms with E-state index in [0.29, 0.717) is 11.4 Å². The molecule has 6 heteroatoms. The molecule has 1 amide bonds. The minimum atomic E-state index is -0.242. The molecule has 2 N–H and O–H groups in total. The largest absolute Gasteiger partial charge is 0.307 e. The Bertz CT molecular complexity index is 538. The second-order valence-electron chi connectivity index (χ2n) is 3.45. The predicted octanol–water partition coefficient (Wildman–Crippen LogP) is 2.27.